The monoisotopic (exact) mass is 322 g/mol. The Kier molecular flexibility index (Phi) is 2.63. The summed E-state index contributed by atoms with van der Waals surface area (Å²) in [6.07, 6.45) is -4.38. The Bertz CT molecular complexity index is 756. The van der Waals surface area contributed by atoms with E-state index in [0.29, 0.717) is 11.1 Å². The third-order valence-electron chi connectivity index (χ3n) is 3.98. The highest BCUT2D eigenvalue weighted by Crippen LogP contribution is 2.62. The molecule has 0 atom stereocenters. The van der Waals surface area contributed by atoms with Crippen LogP contribution in [0.1, 0.15) is 16.7 Å². The molecule has 2 heterocycles. The summed E-state index contributed by atoms with van der Waals surface area (Å²) in [5, 5.41) is 3.49. The molecule has 0 spiro atoms. The summed E-state index contributed by atoms with van der Waals surface area (Å²) in [5.74, 6) is 0. The molecule has 106 valence electrons. The lowest BCUT2D eigenvalue weighted by Crippen LogP contribution is -2.42. The number of benzene rings is 1. The van der Waals surface area contributed by atoms with Crippen molar-refractivity contribution in [3.8, 4) is 9.75 Å². The van der Waals surface area contributed by atoms with Gasteiger partial charge in [0.1, 0.15) is 5.41 Å². The Morgan fingerprint density at radius 1 is 0.762 bits per heavy atom. The number of fused-ring (bicyclic) bond motifs is 3. The van der Waals surface area contributed by atoms with E-state index in [1.807, 2.05) is 0 Å². The molecule has 5 heteroatoms. The molecule has 4 rings (SSSR count). The molecule has 0 saturated carbocycles. The maximum absolute atomic E-state index is 14.2. The fraction of sp³-hybridized carbons (Fsp3) is 0.125. The van der Waals surface area contributed by atoms with Crippen LogP contribution in [-0.2, 0) is 5.41 Å². The van der Waals surface area contributed by atoms with Crippen LogP contribution in [0.2, 0.25) is 0 Å². The van der Waals surface area contributed by atoms with Crippen LogP contribution in [0.5, 0.6) is 0 Å². The highest BCUT2D eigenvalue weighted by atomic mass is 32.1. The van der Waals surface area contributed by atoms with Gasteiger partial charge in [-0.05, 0) is 39.6 Å². The molecule has 0 bridgehead atoms. The molecular weight excluding hydrogens is 313 g/mol. The van der Waals surface area contributed by atoms with Crippen LogP contribution in [0.4, 0.5) is 13.2 Å². The second-order valence-electron chi connectivity index (χ2n) is 4.94. The van der Waals surface area contributed by atoms with Gasteiger partial charge in [-0.15, -0.1) is 22.7 Å². The molecule has 0 fully saturated rings. The predicted octanol–water partition coefficient (Wildman–Crippen LogP) is 5.69. The lowest BCUT2D eigenvalue weighted by atomic mass is 9.73. The average Bonchev–Trinajstić information content (AvgIpc) is 3.10. The molecule has 3 aromatic rings. The maximum Gasteiger partial charge on any atom is 0.406 e. The first kappa shape index (κ1) is 13.1. The fourth-order valence-electron chi connectivity index (χ4n) is 3.17. The zero-order chi connectivity index (χ0) is 14.7. The highest BCUT2D eigenvalue weighted by Gasteiger charge is 2.63. The topological polar surface area (TPSA) is 0 Å². The summed E-state index contributed by atoms with van der Waals surface area (Å²) < 4.78 is 42.7. The Hall–Kier alpha value is -1.59. The van der Waals surface area contributed by atoms with Gasteiger partial charge < -0.3 is 0 Å². The van der Waals surface area contributed by atoms with E-state index in [1.165, 1.54) is 22.7 Å². The molecular formula is C16H9F3S2. The Morgan fingerprint density at radius 3 is 1.76 bits per heavy atom. The van der Waals surface area contributed by atoms with Crippen molar-refractivity contribution in [2.24, 2.45) is 0 Å². The molecule has 0 aliphatic heterocycles. The van der Waals surface area contributed by atoms with E-state index in [9.17, 15) is 13.2 Å². The largest absolute Gasteiger partial charge is 0.406 e. The summed E-state index contributed by atoms with van der Waals surface area (Å²) in [5.41, 5.74) is -1.01. The van der Waals surface area contributed by atoms with Crippen molar-refractivity contribution in [2.75, 3.05) is 0 Å². The van der Waals surface area contributed by atoms with Gasteiger partial charge in [0.15, 0.2) is 0 Å². The van der Waals surface area contributed by atoms with E-state index in [2.05, 4.69) is 0 Å². The smallest absolute Gasteiger partial charge is 0.169 e. The van der Waals surface area contributed by atoms with E-state index < -0.39 is 11.6 Å². The number of thiophene rings is 2. The molecule has 0 amide bonds. The molecule has 1 aliphatic carbocycles. The standard InChI is InChI=1S/C16H9F3S2/c17-16(18,19)15(10-4-2-1-3-5-10)11-6-8-20-13(11)14-12(15)7-9-21-14/h1-9H. The van der Waals surface area contributed by atoms with Crippen molar-refractivity contribution in [3.63, 3.8) is 0 Å². The van der Waals surface area contributed by atoms with Crippen molar-refractivity contribution >= 4 is 22.7 Å². The molecule has 2 aromatic heterocycles. The number of rotatable bonds is 1. The van der Waals surface area contributed by atoms with Crippen molar-refractivity contribution in [1.82, 2.24) is 0 Å². The van der Waals surface area contributed by atoms with Crippen molar-refractivity contribution in [3.05, 3.63) is 69.9 Å². The predicted molar refractivity (Wildman–Crippen MR) is 80.0 cm³/mol. The van der Waals surface area contributed by atoms with Gasteiger partial charge >= 0.3 is 6.18 Å². The van der Waals surface area contributed by atoms with Crippen molar-refractivity contribution in [1.29, 1.82) is 0 Å². The van der Waals surface area contributed by atoms with E-state index >= 15 is 0 Å². The molecule has 0 radical (unpaired) electrons. The SMILES string of the molecule is FC(F)(F)C1(c2ccccc2)c2ccsc2-c2sccc21. The third-order valence-corrected chi connectivity index (χ3v) is 5.97. The van der Waals surface area contributed by atoms with Crippen LogP contribution in [0.15, 0.2) is 53.2 Å². The lowest BCUT2D eigenvalue weighted by molar-refractivity contribution is -0.165. The summed E-state index contributed by atoms with van der Waals surface area (Å²) in [6, 6.07) is 11.5. The first-order chi connectivity index (χ1) is 10.1. The molecule has 0 N–H and O–H groups in total. The van der Waals surface area contributed by atoms with Gasteiger partial charge in [0.2, 0.25) is 0 Å². The quantitative estimate of drug-likeness (QED) is 0.540. The first-order valence-electron chi connectivity index (χ1n) is 6.35. The molecule has 0 nitrogen and oxygen atoms in total. The van der Waals surface area contributed by atoms with E-state index in [0.717, 1.165) is 9.75 Å². The summed E-state index contributed by atoms with van der Waals surface area (Å²) in [4.78, 5) is 1.50. The minimum absolute atomic E-state index is 0.286. The van der Waals surface area contributed by atoms with E-state index in [-0.39, 0.29) is 5.56 Å². The second-order valence-corrected chi connectivity index (χ2v) is 6.77. The fourth-order valence-corrected chi connectivity index (χ4v) is 5.27. The maximum atomic E-state index is 14.2. The number of hydrogen-bond acceptors (Lipinski definition) is 2. The van der Waals surface area contributed by atoms with Gasteiger partial charge in [-0.1, -0.05) is 30.3 Å². The van der Waals surface area contributed by atoms with E-state index in [1.54, 1.807) is 53.2 Å². The minimum atomic E-state index is -4.38. The average molecular weight is 322 g/mol. The van der Waals surface area contributed by atoms with Crippen LogP contribution in [-0.4, -0.2) is 6.18 Å². The van der Waals surface area contributed by atoms with Gasteiger partial charge in [0, 0.05) is 9.75 Å². The molecule has 0 saturated heterocycles. The summed E-state index contributed by atoms with van der Waals surface area (Å²) >= 11 is 2.77. The number of alkyl halides is 3. The number of hydrogen-bond donors (Lipinski definition) is 0. The van der Waals surface area contributed by atoms with E-state index in [4.69, 9.17) is 0 Å². The first-order valence-corrected chi connectivity index (χ1v) is 8.11. The molecule has 0 unspecified atom stereocenters. The molecule has 21 heavy (non-hydrogen) atoms. The summed E-state index contributed by atoms with van der Waals surface area (Å²) in [6.45, 7) is 0. The van der Waals surface area contributed by atoms with Crippen molar-refractivity contribution in [2.45, 2.75) is 11.6 Å². The highest BCUT2D eigenvalue weighted by molar-refractivity contribution is 7.21. The Labute approximate surface area is 127 Å². The van der Waals surface area contributed by atoms with Crippen LogP contribution in [0.3, 0.4) is 0 Å². The van der Waals surface area contributed by atoms with Gasteiger partial charge in [-0.3, -0.25) is 0 Å². The van der Waals surface area contributed by atoms with Crippen LogP contribution in [0.25, 0.3) is 9.75 Å². The zero-order valence-electron chi connectivity index (χ0n) is 10.6. The third kappa shape index (κ3) is 1.50. The zero-order valence-corrected chi connectivity index (χ0v) is 12.3. The lowest BCUT2D eigenvalue weighted by Gasteiger charge is -2.33. The Morgan fingerprint density at radius 2 is 1.29 bits per heavy atom. The van der Waals surface area contributed by atoms with Crippen LogP contribution >= 0.6 is 22.7 Å². The van der Waals surface area contributed by atoms with Crippen LogP contribution < -0.4 is 0 Å². The normalized spacial score (nSPS) is 15.8. The summed E-state index contributed by atoms with van der Waals surface area (Å²) in [7, 11) is 0. The van der Waals surface area contributed by atoms with Gasteiger partial charge in [-0.25, -0.2) is 0 Å². The Balaban J connectivity index is 2.16. The van der Waals surface area contributed by atoms with Crippen LogP contribution in [0, 0.1) is 0 Å². The van der Waals surface area contributed by atoms with Gasteiger partial charge in [0.05, 0.1) is 0 Å². The minimum Gasteiger partial charge on any atom is -0.169 e. The molecule has 1 aromatic carbocycles. The van der Waals surface area contributed by atoms with Crippen molar-refractivity contribution < 1.29 is 13.2 Å². The number of halogens is 3. The van der Waals surface area contributed by atoms with Gasteiger partial charge in [-0.2, -0.15) is 13.2 Å². The van der Waals surface area contributed by atoms with Gasteiger partial charge in [0.25, 0.3) is 0 Å². The molecule has 1 aliphatic rings. The second kappa shape index (κ2) is 4.21.